The number of carbonyl (C=O) groups excluding carboxylic acids is 1. The molecular weight excluding hydrogens is 308 g/mol. The minimum atomic E-state index is 0.111. The second-order valence-electron chi connectivity index (χ2n) is 6.89. The molecule has 3 heteroatoms. The van der Waals surface area contributed by atoms with Gasteiger partial charge in [0.05, 0.1) is 0 Å². The molecule has 0 bridgehead atoms. The van der Waals surface area contributed by atoms with E-state index in [9.17, 15) is 4.79 Å². The van der Waals surface area contributed by atoms with Crippen molar-refractivity contribution in [3.05, 3.63) is 60.2 Å². The van der Waals surface area contributed by atoms with Crippen molar-refractivity contribution in [3.63, 3.8) is 0 Å². The Balaban J connectivity index is 1.49. The van der Waals surface area contributed by atoms with Gasteiger partial charge in [-0.3, -0.25) is 4.79 Å². The Kier molecular flexibility index (Phi) is 6.10. The van der Waals surface area contributed by atoms with Crippen LogP contribution in [0.4, 0.5) is 11.4 Å². The number of anilines is 2. The molecule has 3 nitrogen and oxygen atoms in total. The molecule has 0 radical (unpaired) electrons. The van der Waals surface area contributed by atoms with E-state index >= 15 is 0 Å². The van der Waals surface area contributed by atoms with Gasteiger partial charge in [0.1, 0.15) is 0 Å². The van der Waals surface area contributed by atoms with E-state index in [1.807, 2.05) is 18.2 Å². The molecule has 25 heavy (non-hydrogen) atoms. The number of aryl methyl sites for hydroxylation is 1. The molecule has 1 fully saturated rings. The fraction of sp³-hybridized carbons (Fsp3) is 0.409. The van der Waals surface area contributed by atoms with E-state index in [-0.39, 0.29) is 11.8 Å². The number of carbonyl (C=O) groups is 1. The van der Waals surface area contributed by atoms with Gasteiger partial charge < -0.3 is 10.2 Å². The van der Waals surface area contributed by atoms with Crippen LogP contribution in [0.3, 0.4) is 0 Å². The Labute approximate surface area is 151 Å². The summed E-state index contributed by atoms with van der Waals surface area (Å²) in [5.74, 6) is 0.272. The maximum Gasteiger partial charge on any atom is 0.227 e. The number of benzene rings is 2. The van der Waals surface area contributed by atoms with Crippen LogP contribution in [0.15, 0.2) is 54.6 Å². The summed E-state index contributed by atoms with van der Waals surface area (Å²) in [5, 5.41) is 3.09. The van der Waals surface area contributed by atoms with Crippen molar-refractivity contribution in [1.29, 1.82) is 0 Å². The summed E-state index contributed by atoms with van der Waals surface area (Å²) < 4.78 is 0. The van der Waals surface area contributed by atoms with Crippen molar-refractivity contribution in [2.24, 2.45) is 5.92 Å². The van der Waals surface area contributed by atoms with E-state index in [1.165, 1.54) is 24.1 Å². The fourth-order valence-corrected chi connectivity index (χ4v) is 3.42. The summed E-state index contributed by atoms with van der Waals surface area (Å²) in [6.07, 6.45) is 5.36. The van der Waals surface area contributed by atoms with E-state index in [0.29, 0.717) is 0 Å². The van der Waals surface area contributed by atoms with Crippen LogP contribution in [-0.4, -0.2) is 19.0 Å². The number of nitrogens with one attached hydrogen (secondary N) is 1. The monoisotopic (exact) mass is 336 g/mol. The number of nitrogens with zero attached hydrogens (tertiary/aromatic N) is 1. The first-order valence-electron chi connectivity index (χ1n) is 9.46. The Bertz CT molecular complexity index is 658. The third-order valence-corrected chi connectivity index (χ3v) is 5.03. The van der Waals surface area contributed by atoms with Gasteiger partial charge >= 0.3 is 0 Å². The van der Waals surface area contributed by atoms with Crippen molar-refractivity contribution < 1.29 is 4.79 Å². The quantitative estimate of drug-likeness (QED) is 0.815. The number of piperidine rings is 1. The number of hydrogen-bond acceptors (Lipinski definition) is 2. The predicted octanol–water partition coefficient (Wildman–Crippen LogP) is 4.88. The van der Waals surface area contributed by atoms with E-state index in [4.69, 9.17) is 0 Å². The summed E-state index contributed by atoms with van der Waals surface area (Å²) in [6, 6.07) is 18.8. The van der Waals surface area contributed by atoms with Crippen LogP contribution >= 0.6 is 0 Å². The number of amides is 1. The molecular formula is C22H28N2O. The van der Waals surface area contributed by atoms with Gasteiger partial charge in [-0.1, -0.05) is 43.7 Å². The van der Waals surface area contributed by atoms with Gasteiger partial charge in [0, 0.05) is 30.4 Å². The van der Waals surface area contributed by atoms with Crippen LogP contribution in [0.25, 0.3) is 0 Å². The lowest BCUT2D eigenvalue weighted by molar-refractivity contribution is -0.120. The first-order chi connectivity index (χ1) is 12.3. The molecule has 0 unspecified atom stereocenters. The highest BCUT2D eigenvalue weighted by molar-refractivity contribution is 5.92. The standard InChI is InChI=1S/C22H28N2O/c1-2-3-7-18-10-12-20(13-11-18)23-22(25)19-14-16-24(17-15-19)21-8-5-4-6-9-21/h4-6,8-13,19H,2-3,7,14-17H2,1H3,(H,23,25). The molecule has 1 saturated heterocycles. The zero-order valence-corrected chi connectivity index (χ0v) is 15.1. The van der Waals surface area contributed by atoms with E-state index in [1.54, 1.807) is 0 Å². The van der Waals surface area contributed by atoms with Crippen LogP contribution in [0.2, 0.25) is 0 Å². The molecule has 0 aromatic heterocycles. The van der Waals surface area contributed by atoms with E-state index < -0.39 is 0 Å². The molecule has 3 rings (SSSR count). The molecule has 1 N–H and O–H groups in total. The molecule has 2 aromatic rings. The Morgan fingerprint density at radius 1 is 1.04 bits per heavy atom. The third kappa shape index (κ3) is 4.85. The van der Waals surface area contributed by atoms with Gasteiger partial charge in [-0.25, -0.2) is 0 Å². The van der Waals surface area contributed by atoms with Crippen molar-refractivity contribution in [2.45, 2.75) is 39.0 Å². The van der Waals surface area contributed by atoms with Gasteiger partial charge in [0.2, 0.25) is 5.91 Å². The smallest absolute Gasteiger partial charge is 0.227 e. The average molecular weight is 336 g/mol. The zero-order chi connectivity index (χ0) is 17.5. The minimum absolute atomic E-state index is 0.111. The maximum atomic E-state index is 12.5. The molecule has 1 aliphatic rings. The molecule has 1 heterocycles. The van der Waals surface area contributed by atoms with E-state index in [2.05, 4.69) is 53.5 Å². The molecule has 0 spiro atoms. The van der Waals surface area contributed by atoms with Crippen molar-refractivity contribution in [3.8, 4) is 0 Å². The summed E-state index contributed by atoms with van der Waals surface area (Å²) in [6.45, 7) is 4.09. The summed E-state index contributed by atoms with van der Waals surface area (Å²) in [5.41, 5.74) is 3.51. The molecule has 0 atom stereocenters. The van der Waals surface area contributed by atoms with Crippen molar-refractivity contribution in [1.82, 2.24) is 0 Å². The Morgan fingerprint density at radius 2 is 1.72 bits per heavy atom. The zero-order valence-electron chi connectivity index (χ0n) is 15.1. The fourth-order valence-electron chi connectivity index (χ4n) is 3.42. The second kappa shape index (κ2) is 8.70. The predicted molar refractivity (Wildman–Crippen MR) is 105 cm³/mol. The van der Waals surface area contributed by atoms with Crippen molar-refractivity contribution in [2.75, 3.05) is 23.3 Å². The van der Waals surface area contributed by atoms with Crippen LogP contribution < -0.4 is 10.2 Å². The minimum Gasteiger partial charge on any atom is -0.371 e. The number of rotatable bonds is 6. The van der Waals surface area contributed by atoms with Gasteiger partial charge in [0.15, 0.2) is 0 Å². The first-order valence-corrected chi connectivity index (χ1v) is 9.46. The number of hydrogen-bond donors (Lipinski definition) is 1. The normalized spacial score (nSPS) is 15.2. The van der Waals surface area contributed by atoms with Gasteiger partial charge in [-0.15, -0.1) is 0 Å². The summed E-state index contributed by atoms with van der Waals surface area (Å²) >= 11 is 0. The lowest BCUT2D eigenvalue weighted by Gasteiger charge is -2.33. The summed E-state index contributed by atoms with van der Waals surface area (Å²) in [7, 11) is 0. The highest BCUT2D eigenvalue weighted by Crippen LogP contribution is 2.24. The Morgan fingerprint density at radius 3 is 2.36 bits per heavy atom. The number of para-hydroxylation sites is 1. The molecule has 132 valence electrons. The first kappa shape index (κ1) is 17.5. The van der Waals surface area contributed by atoms with Crippen LogP contribution in [0.5, 0.6) is 0 Å². The number of unbranched alkanes of at least 4 members (excludes halogenated alkanes) is 1. The maximum absolute atomic E-state index is 12.5. The molecule has 2 aromatic carbocycles. The largest absolute Gasteiger partial charge is 0.371 e. The molecule has 0 aliphatic carbocycles. The Hall–Kier alpha value is -2.29. The topological polar surface area (TPSA) is 32.3 Å². The summed E-state index contributed by atoms with van der Waals surface area (Å²) in [4.78, 5) is 14.9. The van der Waals surface area contributed by atoms with Gasteiger partial charge in [0.25, 0.3) is 0 Å². The van der Waals surface area contributed by atoms with Gasteiger partial charge in [-0.05, 0) is 55.5 Å². The van der Waals surface area contributed by atoms with Crippen LogP contribution in [0.1, 0.15) is 38.2 Å². The highest BCUT2D eigenvalue weighted by atomic mass is 16.1. The van der Waals surface area contributed by atoms with Gasteiger partial charge in [-0.2, -0.15) is 0 Å². The van der Waals surface area contributed by atoms with Crippen LogP contribution in [-0.2, 0) is 11.2 Å². The average Bonchev–Trinajstić information content (AvgIpc) is 2.68. The lowest BCUT2D eigenvalue weighted by atomic mass is 9.95. The molecule has 0 saturated carbocycles. The van der Waals surface area contributed by atoms with Crippen molar-refractivity contribution >= 4 is 17.3 Å². The second-order valence-corrected chi connectivity index (χ2v) is 6.89. The SMILES string of the molecule is CCCCc1ccc(NC(=O)C2CCN(c3ccccc3)CC2)cc1. The van der Waals surface area contributed by atoms with E-state index in [0.717, 1.165) is 38.0 Å². The van der Waals surface area contributed by atoms with Crippen LogP contribution in [0, 0.1) is 5.92 Å². The highest BCUT2D eigenvalue weighted by Gasteiger charge is 2.25. The lowest BCUT2D eigenvalue weighted by Crippen LogP contribution is -2.38. The molecule has 1 amide bonds. The third-order valence-electron chi connectivity index (χ3n) is 5.03. The molecule has 1 aliphatic heterocycles.